The number of likely N-dealkylation sites (tertiary alicyclic amines) is 1. The first-order chi connectivity index (χ1) is 16.6. The molecule has 0 aliphatic carbocycles. The fraction of sp³-hybridized carbons (Fsp3) is 0.357. The number of carbonyl (C=O) groups excluding carboxylic acids is 2. The molecule has 34 heavy (non-hydrogen) atoms. The minimum atomic E-state index is -0.358. The lowest BCUT2D eigenvalue weighted by Crippen LogP contribution is -2.52. The van der Waals surface area contributed by atoms with Crippen LogP contribution >= 0.6 is 0 Å². The van der Waals surface area contributed by atoms with Crippen molar-refractivity contribution in [1.29, 1.82) is 0 Å². The van der Waals surface area contributed by atoms with Gasteiger partial charge in [0.15, 0.2) is 0 Å². The molecule has 0 bridgehead atoms. The van der Waals surface area contributed by atoms with Crippen molar-refractivity contribution in [3.8, 4) is 0 Å². The lowest BCUT2D eigenvalue weighted by atomic mass is 9.95. The van der Waals surface area contributed by atoms with Crippen molar-refractivity contribution in [2.45, 2.75) is 19.4 Å². The lowest BCUT2D eigenvalue weighted by Gasteiger charge is -2.39. The number of piperazine rings is 1. The number of piperidine rings is 1. The average Bonchev–Trinajstić information content (AvgIpc) is 2.89. The van der Waals surface area contributed by atoms with Gasteiger partial charge in [-0.2, -0.15) is 0 Å². The normalized spacial score (nSPS) is 19.4. The van der Waals surface area contributed by atoms with E-state index in [0.29, 0.717) is 31.7 Å². The molecule has 176 valence electrons. The summed E-state index contributed by atoms with van der Waals surface area (Å²) in [5, 5.41) is 2.54. The Morgan fingerprint density at radius 2 is 1.56 bits per heavy atom. The summed E-state index contributed by atoms with van der Waals surface area (Å²) >= 11 is 0. The Kier molecular flexibility index (Phi) is 6.59. The molecule has 2 aliphatic rings. The Morgan fingerprint density at radius 3 is 2.35 bits per heavy atom. The Balaban J connectivity index is 1.17. The number of hydrogen-bond acceptors (Lipinski definition) is 3. The Hall–Kier alpha value is -3.25. The molecule has 5 nitrogen and oxygen atoms in total. The standard InChI is InChI=1S/C28H30FN3O2/c29-25-12-10-22(11-13-25)27(33)32-14-4-8-24(20-32)28(34)31-17-15-30(16-18-31)19-23-7-3-6-21-5-1-2-9-26(21)23/h1-3,5-7,9-13,24H,4,8,14-20H2. The van der Waals surface area contributed by atoms with Crippen LogP contribution in [0.5, 0.6) is 0 Å². The average molecular weight is 460 g/mol. The van der Waals surface area contributed by atoms with E-state index < -0.39 is 0 Å². The van der Waals surface area contributed by atoms with E-state index in [1.165, 1.54) is 40.6 Å². The topological polar surface area (TPSA) is 43.9 Å². The van der Waals surface area contributed by atoms with E-state index in [0.717, 1.165) is 32.5 Å². The fourth-order valence-electron chi connectivity index (χ4n) is 5.19. The predicted octanol–water partition coefficient (Wildman–Crippen LogP) is 4.18. The van der Waals surface area contributed by atoms with Gasteiger partial charge in [0.2, 0.25) is 5.91 Å². The molecule has 1 atom stereocenters. The highest BCUT2D eigenvalue weighted by molar-refractivity contribution is 5.94. The van der Waals surface area contributed by atoms with Gasteiger partial charge in [0.05, 0.1) is 5.92 Å². The molecule has 2 saturated heterocycles. The van der Waals surface area contributed by atoms with Crippen LogP contribution in [0, 0.1) is 11.7 Å². The van der Waals surface area contributed by atoms with Gasteiger partial charge in [-0.25, -0.2) is 4.39 Å². The summed E-state index contributed by atoms with van der Waals surface area (Å²) in [4.78, 5) is 32.2. The van der Waals surface area contributed by atoms with E-state index in [4.69, 9.17) is 0 Å². The molecular weight excluding hydrogens is 429 g/mol. The molecule has 0 saturated carbocycles. The SMILES string of the molecule is O=C(c1ccc(F)cc1)N1CCCC(C(=O)N2CCN(Cc3cccc4ccccc34)CC2)C1. The minimum Gasteiger partial charge on any atom is -0.340 e. The summed E-state index contributed by atoms with van der Waals surface area (Å²) in [5.41, 5.74) is 1.79. The summed E-state index contributed by atoms with van der Waals surface area (Å²) in [6.45, 7) is 5.08. The third-order valence-corrected chi connectivity index (χ3v) is 7.11. The lowest BCUT2D eigenvalue weighted by molar-refractivity contribution is -0.138. The molecule has 3 aromatic rings. The van der Waals surface area contributed by atoms with E-state index in [1.807, 2.05) is 4.90 Å². The summed E-state index contributed by atoms with van der Waals surface area (Å²) < 4.78 is 13.2. The van der Waals surface area contributed by atoms with Crippen LogP contribution in [0.25, 0.3) is 10.8 Å². The molecule has 5 rings (SSSR count). The number of benzene rings is 3. The maximum absolute atomic E-state index is 13.3. The summed E-state index contributed by atoms with van der Waals surface area (Å²) in [7, 11) is 0. The van der Waals surface area contributed by atoms with Gasteiger partial charge in [0.1, 0.15) is 5.82 Å². The number of carbonyl (C=O) groups is 2. The number of halogens is 1. The van der Waals surface area contributed by atoms with Crippen LogP contribution in [0.15, 0.2) is 66.7 Å². The van der Waals surface area contributed by atoms with Gasteiger partial charge in [-0.15, -0.1) is 0 Å². The monoisotopic (exact) mass is 459 g/mol. The third kappa shape index (κ3) is 4.82. The van der Waals surface area contributed by atoms with E-state index in [2.05, 4.69) is 47.4 Å². The van der Waals surface area contributed by atoms with Crippen molar-refractivity contribution in [2.24, 2.45) is 5.92 Å². The Bertz CT molecular complexity index is 1170. The molecule has 0 spiro atoms. The number of hydrogen-bond donors (Lipinski definition) is 0. The molecule has 6 heteroatoms. The van der Waals surface area contributed by atoms with Crippen molar-refractivity contribution in [1.82, 2.24) is 14.7 Å². The number of fused-ring (bicyclic) bond motifs is 1. The van der Waals surface area contributed by atoms with Crippen LogP contribution in [0.4, 0.5) is 4.39 Å². The first-order valence-corrected chi connectivity index (χ1v) is 12.1. The molecule has 0 radical (unpaired) electrons. The highest BCUT2D eigenvalue weighted by Crippen LogP contribution is 2.23. The second kappa shape index (κ2) is 9.94. The summed E-state index contributed by atoms with van der Waals surface area (Å²) in [6.07, 6.45) is 1.62. The first-order valence-electron chi connectivity index (χ1n) is 12.1. The number of nitrogens with zero attached hydrogens (tertiary/aromatic N) is 3. The Labute approximate surface area is 199 Å². The van der Waals surface area contributed by atoms with Crippen LogP contribution in [0.3, 0.4) is 0 Å². The van der Waals surface area contributed by atoms with Gasteiger partial charge >= 0.3 is 0 Å². The molecule has 2 heterocycles. The Morgan fingerprint density at radius 1 is 0.824 bits per heavy atom. The zero-order valence-electron chi connectivity index (χ0n) is 19.3. The summed E-state index contributed by atoms with van der Waals surface area (Å²) in [6, 6.07) is 20.5. The highest BCUT2D eigenvalue weighted by Gasteiger charge is 2.33. The van der Waals surface area contributed by atoms with Gasteiger partial charge < -0.3 is 9.80 Å². The number of amides is 2. The molecule has 2 aliphatic heterocycles. The van der Waals surface area contributed by atoms with Crippen LogP contribution < -0.4 is 0 Å². The van der Waals surface area contributed by atoms with Crippen molar-refractivity contribution >= 4 is 22.6 Å². The largest absolute Gasteiger partial charge is 0.340 e. The van der Waals surface area contributed by atoms with E-state index in [1.54, 1.807) is 4.90 Å². The second-order valence-corrected chi connectivity index (χ2v) is 9.34. The zero-order valence-corrected chi connectivity index (χ0v) is 19.3. The molecule has 0 aromatic heterocycles. The quantitative estimate of drug-likeness (QED) is 0.588. The molecule has 0 N–H and O–H groups in total. The predicted molar refractivity (Wildman–Crippen MR) is 131 cm³/mol. The first kappa shape index (κ1) is 22.5. The van der Waals surface area contributed by atoms with E-state index in [-0.39, 0.29) is 23.5 Å². The molecule has 3 aromatic carbocycles. The van der Waals surface area contributed by atoms with Crippen molar-refractivity contribution in [3.05, 3.63) is 83.7 Å². The van der Waals surface area contributed by atoms with Gasteiger partial charge in [0, 0.05) is 51.4 Å². The van der Waals surface area contributed by atoms with Crippen LogP contribution in [0.1, 0.15) is 28.8 Å². The van der Waals surface area contributed by atoms with Gasteiger partial charge in [-0.3, -0.25) is 14.5 Å². The third-order valence-electron chi connectivity index (χ3n) is 7.11. The van der Waals surface area contributed by atoms with E-state index >= 15 is 0 Å². The van der Waals surface area contributed by atoms with E-state index in [9.17, 15) is 14.0 Å². The summed E-state index contributed by atoms with van der Waals surface area (Å²) in [5.74, 6) is -0.496. The van der Waals surface area contributed by atoms with Gasteiger partial charge in [-0.05, 0) is 53.4 Å². The number of rotatable bonds is 4. The smallest absolute Gasteiger partial charge is 0.253 e. The second-order valence-electron chi connectivity index (χ2n) is 9.34. The maximum Gasteiger partial charge on any atom is 0.253 e. The maximum atomic E-state index is 13.3. The van der Waals surface area contributed by atoms with Crippen molar-refractivity contribution in [3.63, 3.8) is 0 Å². The fourth-order valence-corrected chi connectivity index (χ4v) is 5.19. The van der Waals surface area contributed by atoms with Crippen molar-refractivity contribution in [2.75, 3.05) is 39.3 Å². The molecule has 2 fully saturated rings. The van der Waals surface area contributed by atoms with Crippen LogP contribution in [-0.4, -0.2) is 65.8 Å². The van der Waals surface area contributed by atoms with Gasteiger partial charge in [0.25, 0.3) is 5.91 Å². The molecular formula is C28H30FN3O2. The highest BCUT2D eigenvalue weighted by atomic mass is 19.1. The zero-order chi connectivity index (χ0) is 23.5. The van der Waals surface area contributed by atoms with Gasteiger partial charge in [-0.1, -0.05) is 42.5 Å². The molecule has 2 amide bonds. The minimum absolute atomic E-state index is 0.127. The van der Waals surface area contributed by atoms with Crippen LogP contribution in [0.2, 0.25) is 0 Å². The molecule has 1 unspecified atom stereocenters. The van der Waals surface area contributed by atoms with Crippen LogP contribution in [-0.2, 0) is 11.3 Å². The van der Waals surface area contributed by atoms with Crippen molar-refractivity contribution < 1.29 is 14.0 Å².